The minimum atomic E-state index is -0.0330. The molecule has 6 nitrogen and oxygen atoms in total. The fourth-order valence-electron chi connectivity index (χ4n) is 3.19. The third-order valence-corrected chi connectivity index (χ3v) is 7.47. The summed E-state index contributed by atoms with van der Waals surface area (Å²) in [5.41, 5.74) is 5.68. The van der Waals surface area contributed by atoms with Gasteiger partial charge in [0.1, 0.15) is 0 Å². The van der Waals surface area contributed by atoms with Crippen LogP contribution in [0.4, 0.5) is 0 Å². The van der Waals surface area contributed by atoms with E-state index in [0.717, 1.165) is 95.0 Å². The first-order valence-corrected chi connectivity index (χ1v) is 16.2. The van der Waals surface area contributed by atoms with Crippen molar-refractivity contribution < 1.29 is 23.7 Å². The van der Waals surface area contributed by atoms with E-state index in [1.54, 1.807) is 0 Å². The standard InChI is InChI=1S/C25H55NO5P2/c1-5-14-28-24(29-15-6-2)11-21-32-19-9-23(27-18-13-26)10-20-33-22-12-25(30-16-7-3)31-17-8-4/h23-25,32-33H,5-22,26H2,1-4H3. The van der Waals surface area contributed by atoms with E-state index in [-0.39, 0.29) is 12.6 Å². The van der Waals surface area contributed by atoms with E-state index in [1.807, 2.05) is 0 Å². The molecule has 2 N–H and O–H groups in total. The van der Waals surface area contributed by atoms with Crippen molar-refractivity contribution in [2.45, 2.75) is 97.7 Å². The minimum absolute atomic E-state index is 0.0330. The number of rotatable bonds is 27. The molecule has 0 saturated carbocycles. The first-order chi connectivity index (χ1) is 16.2. The van der Waals surface area contributed by atoms with E-state index in [1.165, 1.54) is 24.6 Å². The lowest BCUT2D eigenvalue weighted by Gasteiger charge is -2.20. The second-order valence-electron chi connectivity index (χ2n) is 8.28. The highest BCUT2D eigenvalue weighted by Crippen LogP contribution is 2.22. The van der Waals surface area contributed by atoms with Gasteiger partial charge in [0.15, 0.2) is 12.6 Å². The Morgan fingerprint density at radius 1 is 0.515 bits per heavy atom. The molecule has 0 aliphatic rings. The molecule has 0 radical (unpaired) electrons. The van der Waals surface area contributed by atoms with E-state index >= 15 is 0 Å². The molecule has 0 aromatic heterocycles. The van der Waals surface area contributed by atoms with E-state index < -0.39 is 0 Å². The zero-order chi connectivity index (χ0) is 24.4. The average Bonchev–Trinajstić information content (AvgIpc) is 2.83. The molecule has 0 fully saturated rings. The molecule has 0 aliphatic heterocycles. The number of hydrogen-bond donors (Lipinski definition) is 1. The van der Waals surface area contributed by atoms with Crippen molar-refractivity contribution in [1.29, 1.82) is 0 Å². The maximum atomic E-state index is 6.04. The van der Waals surface area contributed by atoms with Crippen LogP contribution in [0.3, 0.4) is 0 Å². The maximum Gasteiger partial charge on any atom is 0.157 e. The van der Waals surface area contributed by atoms with Gasteiger partial charge in [-0.15, -0.1) is 17.2 Å². The molecular weight excluding hydrogens is 456 g/mol. The molecule has 0 rings (SSSR count). The fourth-order valence-corrected chi connectivity index (χ4v) is 5.62. The van der Waals surface area contributed by atoms with Crippen LogP contribution in [-0.4, -0.2) is 82.9 Å². The smallest absolute Gasteiger partial charge is 0.157 e. The monoisotopic (exact) mass is 511 g/mol. The van der Waals surface area contributed by atoms with Gasteiger partial charge in [-0.1, -0.05) is 27.7 Å². The summed E-state index contributed by atoms with van der Waals surface area (Å²) in [6.07, 6.45) is 13.4. The topological polar surface area (TPSA) is 72.2 Å². The summed E-state index contributed by atoms with van der Waals surface area (Å²) in [5, 5.41) is 0. The van der Waals surface area contributed by atoms with E-state index in [9.17, 15) is 0 Å². The van der Waals surface area contributed by atoms with Crippen molar-refractivity contribution in [3.8, 4) is 0 Å². The summed E-state index contributed by atoms with van der Waals surface area (Å²) in [4.78, 5) is 0. The first-order valence-electron chi connectivity index (χ1n) is 13.4. The van der Waals surface area contributed by atoms with Crippen LogP contribution < -0.4 is 5.73 Å². The second kappa shape index (κ2) is 27.2. The Morgan fingerprint density at radius 2 is 0.879 bits per heavy atom. The normalized spacial score (nSPS) is 13.5. The molecular formula is C25H55NO5P2. The predicted octanol–water partition coefficient (Wildman–Crippen LogP) is 5.61. The molecule has 0 aromatic carbocycles. The Hall–Kier alpha value is 0.620. The Labute approximate surface area is 208 Å². The van der Waals surface area contributed by atoms with Crippen LogP contribution in [0.2, 0.25) is 0 Å². The molecule has 200 valence electrons. The van der Waals surface area contributed by atoms with Crippen LogP contribution in [0.1, 0.15) is 79.1 Å². The van der Waals surface area contributed by atoms with Crippen molar-refractivity contribution in [3.05, 3.63) is 0 Å². The lowest BCUT2D eigenvalue weighted by molar-refractivity contribution is -0.142. The van der Waals surface area contributed by atoms with Gasteiger partial charge in [-0.3, -0.25) is 0 Å². The second-order valence-corrected chi connectivity index (χ2v) is 11.3. The summed E-state index contributed by atoms with van der Waals surface area (Å²) < 4.78 is 29.4. The molecule has 0 aromatic rings. The molecule has 0 aliphatic carbocycles. The highest BCUT2D eigenvalue weighted by molar-refractivity contribution is 7.38. The number of nitrogens with two attached hydrogens (primary N) is 1. The first kappa shape index (κ1) is 33.6. The van der Waals surface area contributed by atoms with Gasteiger partial charge in [0, 0.05) is 45.8 Å². The van der Waals surface area contributed by atoms with Crippen molar-refractivity contribution in [2.24, 2.45) is 5.73 Å². The lowest BCUT2D eigenvalue weighted by atomic mass is 10.2. The van der Waals surface area contributed by atoms with Gasteiger partial charge in [0.2, 0.25) is 0 Å². The van der Waals surface area contributed by atoms with Crippen LogP contribution in [0.25, 0.3) is 0 Å². The number of hydrogen-bond acceptors (Lipinski definition) is 6. The lowest BCUT2D eigenvalue weighted by Crippen LogP contribution is -2.21. The zero-order valence-electron chi connectivity index (χ0n) is 22.1. The van der Waals surface area contributed by atoms with Gasteiger partial charge in [-0.2, -0.15) is 0 Å². The summed E-state index contributed by atoms with van der Waals surface area (Å²) in [7, 11) is 1.86. The van der Waals surface area contributed by atoms with Gasteiger partial charge in [0.05, 0.1) is 12.7 Å². The van der Waals surface area contributed by atoms with Crippen molar-refractivity contribution in [1.82, 2.24) is 0 Å². The van der Waals surface area contributed by atoms with Crippen molar-refractivity contribution in [3.63, 3.8) is 0 Å². The molecule has 0 spiro atoms. The Balaban J connectivity index is 4.08. The van der Waals surface area contributed by atoms with Gasteiger partial charge in [0.25, 0.3) is 0 Å². The highest BCUT2D eigenvalue weighted by Gasteiger charge is 2.12. The molecule has 33 heavy (non-hydrogen) atoms. The maximum absolute atomic E-state index is 6.04. The van der Waals surface area contributed by atoms with Gasteiger partial charge >= 0.3 is 0 Å². The Kier molecular flexibility index (Phi) is 27.7. The SMILES string of the molecule is CCCOC(CCPCCC(CCPCCC(OCCC)OCCC)OCCN)OCCC. The third-order valence-electron chi connectivity index (χ3n) is 4.90. The molecule has 8 heteroatoms. The largest absolute Gasteiger partial charge is 0.377 e. The van der Waals surface area contributed by atoms with Crippen molar-refractivity contribution in [2.75, 3.05) is 64.2 Å². The van der Waals surface area contributed by atoms with Crippen LogP contribution in [0, 0.1) is 0 Å². The van der Waals surface area contributed by atoms with Crippen LogP contribution in [0.15, 0.2) is 0 Å². The van der Waals surface area contributed by atoms with E-state index in [2.05, 4.69) is 27.7 Å². The Morgan fingerprint density at radius 3 is 1.21 bits per heavy atom. The van der Waals surface area contributed by atoms with Crippen LogP contribution >= 0.6 is 17.2 Å². The Bertz CT molecular complexity index is 337. The van der Waals surface area contributed by atoms with Gasteiger partial charge in [-0.05, 0) is 63.2 Å². The highest BCUT2D eigenvalue weighted by atomic mass is 31.1. The predicted molar refractivity (Wildman–Crippen MR) is 146 cm³/mol. The fraction of sp³-hybridized carbons (Fsp3) is 1.00. The van der Waals surface area contributed by atoms with Gasteiger partial charge in [-0.25, -0.2) is 0 Å². The molecule has 0 heterocycles. The van der Waals surface area contributed by atoms with Crippen molar-refractivity contribution >= 4 is 17.2 Å². The average molecular weight is 512 g/mol. The molecule has 2 unspecified atom stereocenters. The molecule has 0 bridgehead atoms. The quantitative estimate of drug-likeness (QED) is 0.0879. The van der Waals surface area contributed by atoms with Crippen LogP contribution in [-0.2, 0) is 23.7 Å². The van der Waals surface area contributed by atoms with Crippen LogP contribution in [0.5, 0.6) is 0 Å². The van der Waals surface area contributed by atoms with E-state index in [0.29, 0.717) is 19.3 Å². The molecule has 0 amide bonds. The van der Waals surface area contributed by atoms with E-state index in [4.69, 9.17) is 29.4 Å². The summed E-state index contributed by atoms with van der Waals surface area (Å²) in [6.45, 7) is 12.9. The zero-order valence-corrected chi connectivity index (χ0v) is 24.1. The third kappa shape index (κ3) is 22.8. The summed E-state index contributed by atoms with van der Waals surface area (Å²) in [6, 6.07) is 0. The summed E-state index contributed by atoms with van der Waals surface area (Å²) >= 11 is 0. The molecule has 0 saturated heterocycles. The molecule has 2 atom stereocenters. The minimum Gasteiger partial charge on any atom is -0.377 e. The number of ether oxygens (including phenoxy) is 5. The van der Waals surface area contributed by atoms with Gasteiger partial charge < -0.3 is 29.4 Å². The summed E-state index contributed by atoms with van der Waals surface area (Å²) in [5.74, 6) is 0.